The zero-order valence-electron chi connectivity index (χ0n) is 6.75. The van der Waals surface area contributed by atoms with Crippen molar-refractivity contribution in [2.24, 2.45) is 5.73 Å². The molecule has 1 fully saturated rings. The second-order valence-electron chi connectivity index (χ2n) is 3.39. The highest BCUT2D eigenvalue weighted by atomic mass is 16.3. The number of aromatic hydroxyl groups is 1. The average molecular weight is 164 g/mol. The fourth-order valence-corrected chi connectivity index (χ4v) is 1.39. The van der Waals surface area contributed by atoms with Crippen LogP contribution in [0.3, 0.4) is 0 Å². The molecule has 1 aliphatic rings. The predicted octanol–water partition coefficient (Wildman–Crippen LogP) is 0.922. The summed E-state index contributed by atoms with van der Waals surface area (Å²) in [5, 5.41) is 9.31. The van der Waals surface area contributed by atoms with Crippen molar-refractivity contribution in [2.45, 2.75) is 18.4 Å². The van der Waals surface area contributed by atoms with Crippen molar-refractivity contribution in [1.29, 1.82) is 0 Å². The summed E-state index contributed by atoms with van der Waals surface area (Å²) in [6.45, 7) is 0. The lowest BCUT2D eigenvalue weighted by Crippen LogP contribution is -2.20. The number of anilines is 1. The number of benzene rings is 1. The minimum absolute atomic E-state index is 0.129. The van der Waals surface area contributed by atoms with E-state index in [1.807, 2.05) is 6.07 Å². The van der Waals surface area contributed by atoms with Gasteiger partial charge in [-0.15, -0.1) is 0 Å². The summed E-state index contributed by atoms with van der Waals surface area (Å²) in [4.78, 5) is 0. The molecule has 5 N–H and O–H groups in total. The molecule has 1 aromatic rings. The summed E-state index contributed by atoms with van der Waals surface area (Å²) < 4.78 is 0. The Morgan fingerprint density at radius 2 is 2.00 bits per heavy atom. The topological polar surface area (TPSA) is 72.3 Å². The molecule has 0 bridgehead atoms. The molecule has 0 radical (unpaired) electrons. The van der Waals surface area contributed by atoms with Crippen molar-refractivity contribution < 1.29 is 5.11 Å². The van der Waals surface area contributed by atoms with E-state index in [1.165, 1.54) is 0 Å². The maximum Gasteiger partial charge on any atom is 0.138 e. The van der Waals surface area contributed by atoms with Crippen molar-refractivity contribution >= 4 is 5.69 Å². The van der Waals surface area contributed by atoms with Crippen molar-refractivity contribution in [3.63, 3.8) is 0 Å². The fourth-order valence-electron chi connectivity index (χ4n) is 1.39. The zero-order valence-corrected chi connectivity index (χ0v) is 6.75. The van der Waals surface area contributed by atoms with Crippen LogP contribution in [0.1, 0.15) is 18.4 Å². The Morgan fingerprint density at radius 1 is 1.33 bits per heavy atom. The van der Waals surface area contributed by atoms with Crippen molar-refractivity contribution in [3.8, 4) is 5.75 Å². The molecule has 12 heavy (non-hydrogen) atoms. The van der Waals surface area contributed by atoms with Gasteiger partial charge in [0.2, 0.25) is 0 Å². The predicted molar refractivity (Wildman–Crippen MR) is 47.6 cm³/mol. The number of rotatable bonds is 1. The molecule has 0 amide bonds. The van der Waals surface area contributed by atoms with E-state index in [0.29, 0.717) is 5.69 Å². The number of hydrogen-bond donors (Lipinski definition) is 3. The van der Waals surface area contributed by atoms with Crippen LogP contribution in [0.5, 0.6) is 5.75 Å². The molecule has 64 valence electrons. The fraction of sp³-hybridized carbons (Fsp3) is 0.333. The van der Waals surface area contributed by atoms with Gasteiger partial charge in [-0.05, 0) is 24.5 Å². The van der Waals surface area contributed by atoms with Gasteiger partial charge in [0, 0.05) is 5.54 Å². The van der Waals surface area contributed by atoms with Crippen molar-refractivity contribution in [3.05, 3.63) is 23.8 Å². The molecular formula is C9H12N2O. The van der Waals surface area contributed by atoms with Gasteiger partial charge in [-0.1, -0.05) is 12.1 Å². The van der Waals surface area contributed by atoms with E-state index in [2.05, 4.69) is 0 Å². The first-order chi connectivity index (χ1) is 5.63. The summed E-state index contributed by atoms with van der Waals surface area (Å²) >= 11 is 0. The Kier molecular flexibility index (Phi) is 1.32. The maximum atomic E-state index is 9.31. The van der Waals surface area contributed by atoms with Crippen LogP contribution < -0.4 is 11.5 Å². The normalized spacial score (nSPS) is 19.1. The summed E-state index contributed by atoms with van der Waals surface area (Å²) in [6.07, 6.45) is 1.92. The van der Waals surface area contributed by atoms with Gasteiger partial charge >= 0.3 is 0 Å². The van der Waals surface area contributed by atoms with Crippen LogP contribution in [0, 0.1) is 0 Å². The molecule has 3 heteroatoms. The van der Waals surface area contributed by atoms with Gasteiger partial charge in [0.15, 0.2) is 0 Å². The quantitative estimate of drug-likeness (QED) is 0.427. The van der Waals surface area contributed by atoms with E-state index in [0.717, 1.165) is 18.4 Å². The van der Waals surface area contributed by atoms with Crippen LogP contribution in [0.25, 0.3) is 0 Å². The van der Waals surface area contributed by atoms with E-state index in [4.69, 9.17) is 11.5 Å². The third kappa shape index (κ3) is 0.940. The van der Waals surface area contributed by atoms with Crippen LogP contribution >= 0.6 is 0 Å². The highest BCUT2D eigenvalue weighted by Crippen LogP contribution is 2.46. The van der Waals surface area contributed by atoms with Gasteiger partial charge in [-0.2, -0.15) is 0 Å². The van der Waals surface area contributed by atoms with Crippen LogP contribution in [-0.2, 0) is 5.54 Å². The van der Waals surface area contributed by atoms with Crippen LogP contribution in [0.2, 0.25) is 0 Å². The molecule has 3 nitrogen and oxygen atoms in total. The molecule has 0 atom stereocenters. The molecule has 0 unspecified atom stereocenters. The summed E-state index contributed by atoms with van der Waals surface area (Å²) in [7, 11) is 0. The van der Waals surface area contributed by atoms with E-state index in [1.54, 1.807) is 12.1 Å². The van der Waals surface area contributed by atoms with Crippen molar-refractivity contribution in [1.82, 2.24) is 0 Å². The monoisotopic (exact) mass is 164 g/mol. The van der Waals surface area contributed by atoms with Gasteiger partial charge in [0.1, 0.15) is 5.75 Å². The Morgan fingerprint density at radius 3 is 2.58 bits per heavy atom. The van der Waals surface area contributed by atoms with E-state index in [9.17, 15) is 5.11 Å². The second-order valence-corrected chi connectivity index (χ2v) is 3.39. The van der Waals surface area contributed by atoms with Crippen LogP contribution in [-0.4, -0.2) is 5.11 Å². The molecule has 0 heterocycles. The Hall–Kier alpha value is -1.22. The number of nitrogen functional groups attached to an aromatic ring is 1. The maximum absolute atomic E-state index is 9.31. The molecule has 0 spiro atoms. The molecule has 2 rings (SSSR count). The third-order valence-corrected chi connectivity index (χ3v) is 2.41. The lowest BCUT2D eigenvalue weighted by molar-refractivity contribution is 0.476. The van der Waals surface area contributed by atoms with E-state index >= 15 is 0 Å². The van der Waals surface area contributed by atoms with Gasteiger partial charge < -0.3 is 16.6 Å². The molecule has 0 saturated heterocycles. The molecule has 1 aromatic carbocycles. The average Bonchev–Trinajstić information content (AvgIpc) is 2.75. The SMILES string of the molecule is Nc1c(O)cccc1C1(N)CC1. The number of para-hydroxylation sites is 1. The minimum atomic E-state index is -0.261. The first-order valence-corrected chi connectivity index (χ1v) is 4.00. The number of phenols is 1. The summed E-state index contributed by atoms with van der Waals surface area (Å²) in [5.74, 6) is 0.129. The van der Waals surface area contributed by atoms with Gasteiger partial charge in [0.05, 0.1) is 5.69 Å². The number of phenolic OH excluding ortho intramolecular Hbond substituents is 1. The summed E-state index contributed by atoms with van der Waals surface area (Å²) in [6, 6.07) is 5.22. The lowest BCUT2D eigenvalue weighted by Gasteiger charge is -2.12. The Bertz CT molecular complexity index is 318. The number of nitrogens with two attached hydrogens (primary N) is 2. The Balaban J connectivity index is 2.51. The molecular weight excluding hydrogens is 152 g/mol. The first kappa shape index (κ1) is 7.43. The molecule has 0 aromatic heterocycles. The minimum Gasteiger partial charge on any atom is -0.506 e. The van der Waals surface area contributed by atoms with Gasteiger partial charge in [-0.25, -0.2) is 0 Å². The Labute approximate surface area is 71.0 Å². The largest absolute Gasteiger partial charge is 0.506 e. The third-order valence-electron chi connectivity index (χ3n) is 2.41. The first-order valence-electron chi connectivity index (χ1n) is 4.00. The second kappa shape index (κ2) is 2.14. The number of hydrogen-bond acceptors (Lipinski definition) is 3. The summed E-state index contributed by atoms with van der Waals surface area (Å²) in [5.41, 5.74) is 12.7. The zero-order chi connectivity index (χ0) is 8.77. The molecule has 1 aliphatic carbocycles. The van der Waals surface area contributed by atoms with Gasteiger partial charge in [-0.3, -0.25) is 0 Å². The highest BCUT2D eigenvalue weighted by Gasteiger charge is 2.41. The van der Waals surface area contributed by atoms with Gasteiger partial charge in [0.25, 0.3) is 0 Å². The molecule has 0 aliphatic heterocycles. The smallest absolute Gasteiger partial charge is 0.138 e. The van der Waals surface area contributed by atoms with E-state index < -0.39 is 0 Å². The lowest BCUT2D eigenvalue weighted by atomic mass is 10.0. The highest BCUT2D eigenvalue weighted by molar-refractivity contribution is 5.61. The molecule has 1 saturated carbocycles. The standard InChI is InChI=1S/C9H12N2O/c10-8-6(9(11)4-5-9)2-1-3-7(8)12/h1-3,12H,4-5,10-11H2. The van der Waals surface area contributed by atoms with Crippen molar-refractivity contribution in [2.75, 3.05) is 5.73 Å². The van der Waals surface area contributed by atoms with Crippen LogP contribution in [0.15, 0.2) is 18.2 Å². The van der Waals surface area contributed by atoms with E-state index in [-0.39, 0.29) is 11.3 Å². The van der Waals surface area contributed by atoms with Crippen LogP contribution in [0.4, 0.5) is 5.69 Å².